The molecule has 3 heterocycles. The van der Waals surface area contributed by atoms with Crippen molar-refractivity contribution in [3.63, 3.8) is 0 Å². The van der Waals surface area contributed by atoms with Gasteiger partial charge in [-0.1, -0.05) is 41.9 Å². The maximum atomic E-state index is 12.4. The Bertz CT molecular complexity index is 1550. The summed E-state index contributed by atoms with van der Waals surface area (Å²) in [7, 11) is 0. The Balaban J connectivity index is 1.78. The van der Waals surface area contributed by atoms with Crippen molar-refractivity contribution in [3.8, 4) is 28.5 Å². The van der Waals surface area contributed by atoms with Crippen molar-refractivity contribution in [3.05, 3.63) is 87.5 Å². The van der Waals surface area contributed by atoms with Crippen LogP contribution in [0, 0.1) is 18.3 Å². The van der Waals surface area contributed by atoms with Gasteiger partial charge >= 0.3 is 5.63 Å². The smallest absolute Gasteiger partial charge is 0.354 e. The molecule has 0 atom stereocenters. The van der Waals surface area contributed by atoms with Crippen molar-refractivity contribution in [1.29, 1.82) is 5.26 Å². The Labute approximate surface area is 175 Å². The van der Waals surface area contributed by atoms with Gasteiger partial charge in [0.15, 0.2) is 5.65 Å². The molecule has 0 aliphatic rings. The van der Waals surface area contributed by atoms with Gasteiger partial charge < -0.3 is 4.42 Å². The second kappa shape index (κ2) is 6.83. The summed E-state index contributed by atoms with van der Waals surface area (Å²) in [5, 5.41) is 15.3. The van der Waals surface area contributed by atoms with Crippen LogP contribution in [-0.2, 0) is 0 Å². The number of rotatable bonds is 2. The number of nitriles is 1. The van der Waals surface area contributed by atoms with Crippen LogP contribution in [0.1, 0.15) is 11.1 Å². The van der Waals surface area contributed by atoms with Crippen molar-refractivity contribution in [2.24, 2.45) is 0 Å². The quantitative estimate of drug-likeness (QED) is 0.381. The number of aryl methyl sites for hydroxylation is 1. The second-order valence-electron chi connectivity index (χ2n) is 6.89. The normalized spacial score (nSPS) is 11.1. The van der Waals surface area contributed by atoms with E-state index in [0.717, 1.165) is 16.8 Å². The Hall–Kier alpha value is -3.95. The van der Waals surface area contributed by atoms with Gasteiger partial charge in [0, 0.05) is 45.6 Å². The highest BCUT2D eigenvalue weighted by Crippen LogP contribution is 2.33. The van der Waals surface area contributed by atoms with Crippen molar-refractivity contribution < 1.29 is 4.42 Å². The molecule has 5 rings (SSSR count). The van der Waals surface area contributed by atoms with E-state index in [1.165, 1.54) is 0 Å². The number of hydrogen-bond acceptors (Lipinski definition) is 5. The highest BCUT2D eigenvalue weighted by molar-refractivity contribution is 6.32. The van der Waals surface area contributed by atoms with E-state index in [-0.39, 0.29) is 5.56 Å². The van der Waals surface area contributed by atoms with E-state index < -0.39 is 5.63 Å². The van der Waals surface area contributed by atoms with Crippen LogP contribution >= 0.6 is 11.6 Å². The van der Waals surface area contributed by atoms with Gasteiger partial charge in [-0.3, -0.25) is 0 Å². The summed E-state index contributed by atoms with van der Waals surface area (Å²) in [5.41, 5.74) is 3.73. The molecule has 0 aliphatic heterocycles. The van der Waals surface area contributed by atoms with Crippen LogP contribution < -0.4 is 5.63 Å². The fourth-order valence-electron chi connectivity index (χ4n) is 3.48. The van der Waals surface area contributed by atoms with E-state index in [4.69, 9.17) is 16.0 Å². The van der Waals surface area contributed by atoms with E-state index in [0.29, 0.717) is 32.8 Å². The first-order valence-corrected chi connectivity index (χ1v) is 9.51. The molecule has 0 amide bonds. The van der Waals surface area contributed by atoms with Crippen molar-refractivity contribution >= 4 is 28.2 Å². The lowest BCUT2D eigenvalue weighted by Crippen LogP contribution is -2.07. The van der Waals surface area contributed by atoms with Crippen LogP contribution in [0.3, 0.4) is 0 Å². The van der Waals surface area contributed by atoms with Crippen molar-refractivity contribution in [2.75, 3.05) is 0 Å². The molecule has 144 valence electrons. The summed E-state index contributed by atoms with van der Waals surface area (Å²) in [6, 6.07) is 17.0. The Morgan fingerprint density at radius 1 is 1.13 bits per heavy atom. The van der Waals surface area contributed by atoms with Crippen LogP contribution in [-0.4, -0.2) is 14.6 Å². The van der Waals surface area contributed by atoms with Crippen LogP contribution in [0.5, 0.6) is 0 Å². The first kappa shape index (κ1) is 18.1. The Morgan fingerprint density at radius 2 is 1.93 bits per heavy atom. The molecule has 2 aromatic carbocycles. The first-order valence-electron chi connectivity index (χ1n) is 9.13. The van der Waals surface area contributed by atoms with Gasteiger partial charge in [-0.05, 0) is 24.6 Å². The summed E-state index contributed by atoms with van der Waals surface area (Å²) >= 11 is 6.31. The van der Waals surface area contributed by atoms with Crippen molar-refractivity contribution in [2.45, 2.75) is 6.92 Å². The lowest BCUT2D eigenvalue weighted by Gasteiger charge is -2.09. The maximum Gasteiger partial charge on any atom is 0.354 e. The van der Waals surface area contributed by atoms with Gasteiger partial charge in [-0.25, -0.2) is 14.3 Å². The summed E-state index contributed by atoms with van der Waals surface area (Å²) in [6.45, 7) is 1.82. The highest BCUT2D eigenvalue weighted by Gasteiger charge is 2.19. The fraction of sp³-hybridized carbons (Fsp3) is 0.0435. The number of hydrogen-bond donors (Lipinski definition) is 0. The average molecular weight is 413 g/mol. The van der Waals surface area contributed by atoms with Crippen molar-refractivity contribution in [1.82, 2.24) is 14.6 Å². The molecule has 0 spiro atoms. The number of benzene rings is 2. The Morgan fingerprint density at radius 3 is 2.70 bits per heavy atom. The first-order chi connectivity index (χ1) is 14.5. The summed E-state index contributed by atoms with van der Waals surface area (Å²) in [5.74, 6) is 0. The Kier molecular flexibility index (Phi) is 4.12. The molecule has 0 fully saturated rings. The minimum Gasteiger partial charge on any atom is -0.422 e. The minimum atomic E-state index is -0.702. The molecule has 0 unspecified atom stereocenters. The SMILES string of the molecule is Cc1cc2oc(=O)c(C#N)c(-c3cnc4cc(-c5ccccc5)nn4c3)c2cc1Cl. The van der Waals surface area contributed by atoms with Crippen LogP contribution in [0.2, 0.25) is 5.02 Å². The molecule has 0 saturated carbocycles. The third-order valence-corrected chi connectivity index (χ3v) is 5.38. The fourth-order valence-corrected chi connectivity index (χ4v) is 3.64. The predicted octanol–water partition coefficient (Wildman–Crippen LogP) is 5.00. The molecule has 0 aliphatic carbocycles. The summed E-state index contributed by atoms with van der Waals surface area (Å²) < 4.78 is 6.99. The van der Waals surface area contributed by atoms with E-state index in [2.05, 4.69) is 10.1 Å². The lowest BCUT2D eigenvalue weighted by atomic mass is 9.99. The van der Waals surface area contributed by atoms with E-state index in [1.807, 2.05) is 49.4 Å². The molecular formula is C23H13ClN4O2. The van der Waals surface area contributed by atoms with Crippen LogP contribution in [0.25, 0.3) is 39.0 Å². The molecule has 6 nitrogen and oxygen atoms in total. The summed E-state index contributed by atoms with van der Waals surface area (Å²) in [4.78, 5) is 16.9. The van der Waals surface area contributed by atoms with Gasteiger partial charge in [-0.15, -0.1) is 0 Å². The monoisotopic (exact) mass is 412 g/mol. The second-order valence-corrected chi connectivity index (χ2v) is 7.30. The highest BCUT2D eigenvalue weighted by atomic mass is 35.5. The maximum absolute atomic E-state index is 12.4. The predicted molar refractivity (Wildman–Crippen MR) is 114 cm³/mol. The van der Waals surface area contributed by atoms with Crippen LogP contribution in [0.15, 0.2) is 70.1 Å². The molecule has 0 saturated heterocycles. The topological polar surface area (TPSA) is 84.2 Å². The zero-order chi connectivity index (χ0) is 20.8. The number of aromatic nitrogens is 3. The van der Waals surface area contributed by atoms with Gasteiger partial charge in [0.2, 0.25) is 0 Å². The average Bonchev–Trinajstić information content (AvgIpc) is 3.18. The molecule has 0 N–H and O–H groups in total. The molecular weight excluding hydrogens is 400 g/mol. The van der Waals surface area contributed by atoms with Gasteiger partial charge in [-0.2, -0.15) is 10.4 Å². The minimum absolute atomic E-state index is 0.0981. The molecule has 0 radical (unpaired) electrons. The molecule has 5 aromatic rings. The number of halogens is 1. The zero-order valence-electron chi connectivity index (χ0n) is 15.8. The zero-order valence-corrected chi connectivity index (χ0v) is 16.5. The van der Waals surface area contributed by atoms with Gasteiger partial charge in [0.25, 0.3) is 0 Å². The molecule has 30 heavy (non-hydrogen) atoms. The molecule has 3 aromatic heterocycles. The third kappa shape index (κ3) is 2.84. The molecule has 0 bridgehead atoms. The van der Waals surface area contributed by atoms with Crippen LogP contribution in [0.4, 0.5) is 0 Å². The summed E-state index contributed by atoms with van der Waals surface area (Å²) in [6.07, 6.45) is 3.37. The molecule has 7 heteroatoms. The van der Waals surface area contributed by atoms with E-state index in [9.17, 15) is 10.1 Å². The number of nitrogens with zero attached hydrogens (tertiary/aromatic N) is 4. The van der Waals surface area contributed by atoms with E-state index in [1.54, 1.807) is 29.0 Å². The van der Waals surface area contributed by atoms with E-state index >= 15 is 0 Å². The number of fused-ring (bicyclic) bond motifs is 2. The standard InChI is InChI=1S/C23H13ClN4O2/c1-13-7-20-16(8-18(13)24)22(17(10-25)23(29)30-20)15-11-26-21-9-19(27-28(21)12-15)14-5-3-2-4-6-14/h2-9,11-12H,1H3. The van der Waals surface area contributed by atoms with Gasteiger partial charge in [0.1, 0.15) is 17.2 Å². The van der Waals surface area contributed by atoms with Gasteiger partial charge in [0.05, 0.1) is 5.69 Å². The largest absolute Gasteiger partial charge is 0.422 e. The lowest BCUT2D eigenvalue weighted by molar-refractivity contribution is 0.559. The third-order valence-electron chi connectivity index (χ3n) is 4.97.